The number of alkyl halides is 2. The number of amides is 1. The van der Waals surface area contributed by atoms with Gasteiger partial charge >= 0.3 is 6.61 Å². The third-order valence-corrected chi connectivity index (χ3v) is 3.41. The summed E-state index contributed by atoms with van der Waals surface area (Å²) in [4.78, 5) is 20.1. The van der Waals surface area contributed by atoms with Crippen LogP contribution in [0.15, 0.2) is 55.5 Å². The fourth-order valence-corrected chi connectivity index (χ4v) is 2.31. The van der Waals surface area contributed by atoms with Crippen molar-refractivity contribution in [3.8, 4) is 17.0 Å². The van der Waals surface area contributed by atoms with Crippen LogP contribution >= 0.6 is 0 Å². The van der Waals surface area contributed by atoms with E-state index in [1.54, 1.807) is 35.1 Å². The summed E-state index contributed by atoms with van der Waals surface area (Å²) in [6.07, 6.45) is 6.32. The highest BCUT2D eigenvalue weighted by molar-refractivity contribution is 5.86. The molecular weight excluding hydrogens is 330 g/mol. The van der Waals surface area contributed by atoms with E-state index in [4.69, 9.17) is 0 Å². The number of carbonyl (C=O) groups excluding carboxylic acids is 1. The maximum atomic E-state index is 12.3. The molecule has 128 valence electrons. The molecular formula is C17H14F2N4O2. The van der Waals surface area contributed by atoms with Gasteiger partial charge in [0.2, 0.25) is 5.91 Å². The van der Waals surface area contributed by atoms with Crippen LogP contribution in [0, 0.1) is 0 Å². The summed E-state index contributed by atoms with van der Waals surface area (Å²) in [6, 6.07) is 6.13. The Bertz CT molecular complexity index is 907. The van der Waals surface area contributed by atoms with Crippen molar-refractivity contribution >= 4 is 11.6 Å². The van der Waals surface area contributed by atoms with Gasteiger partial charge in [0.15, 0.2) is 5.65 Å². The van der Waals surface area contributed by atoms with Crippen LogP contribution in [0.5, 0.6) is 5.75 Å². The van der Waals surface area contributed by atoms with Crippen LogP contribution in [0.1, 0.15) is 5.69 Å². The van der Waals surface area contributed by atoms with Crippen molar-refractivity contribution in [3.63, 3.8) is 0 Å². The summed E-state index contributed by atoms with van der Waals surface area (Å²) in [7, 11) is 0. The number of ether oxygens (including phenoxy) is 1. The van der Waals surface area contributed by atoms with Crippen molar-refractivity contribution in [1.82, 2.24) is 19.7 Å². The van der Waals surface area contributed by atoms with Gasteiger partial charge in [0.25, 0.3) is 0 Å². The molecule has 0 aliphatic carbocycles. The molecule has 0 radical (unpaired) electrons. The first kappa shape index (κ1) is 16.6. The monoisotopic (exact) mass is 344 g/mol. The lowest BCUT2D eigenvalue weighted by Gasteiger charge is -2.09. The highest BCUT2D eigenvalue weighted by atomic mass is 19.3. The second-order valence-corrected chi connectivity index (χ2v) is 5.06. The number of nitrogens with one attached hydrogen (secondary N) is 1. The van der Waals surface area contributed by atoms with E-state index in [0.29, 0.717) is 22.6 Å². The molecule has 3 rings (SSSR count). The lowest BCUT2D eigenvalue weighted by atomic mass is 10.1. The summed E-state index contributed by atoms with van der Waals surface area (Å²) in [6.45, 7) is 0.741. The predicted octanol–water partition coefficient (Wildman–Crippen LogP) is 2.80. The number of aromatic nitrogens is 3. The normalized spacial score (nSPS) is 10.8. The highest BCUT2D eigenvalue weighted by Crippen LogP contribution is 2.25. The first-order valence-corrected chi connectivity index (χ1v) is 7.35. The summed E-state index contributed by atoms with van der Waals surface area (Å²) in [5.74, 6) is -0.241. The van der Waals surface area contributed by atoms with Gasteiger partial charge in [-0.15, -0.1) is 0 Å². The van der Waals surface area contributed by atoms with Crippen LogP contribution in [-0.2, 0) is 11.3 Å². The summed E-state index contributed by atoms with van der Waals surface area (Å²) >= 11 is 0. The fourth-order valence-electron chi connectivity index (χ4n) is 2.31. The Labute approximate surface area is 141 Å². The molecule has 0 spiro atoms. The zero-order chi connectivity index (χ0) is 17.8. The van der Waals surface area contributed by atoms with Gasteiger partial charge in [-0.05, 0) is 30.3 Å². The minimum atomic E-state index is -2.88. The highest BCUT2D eigenvalue weighted by Gasteiger charge is 2.11. The molecule has 1 N–H and O–H groups in total. The van der Waals surface area contributed by atoms with E-state index in [-0.39, 0.29) is 18.2 Å². The van der Waals surface area contributed by atoms with Crippen molar-refractivity contribution < 1.29 is 18.3 Å². The molecule has 0 unspecified atom stereocenters. The van der Waals surface area contributed by atoms with Crippen LogP contribution in [0.2, 0.25) is 0 Å². The van der Waals surface area contributed by atoms with Crippen LogP contribution in [0.4, 0.5) is 8.78 Å². The second-order valence-electron chi connectivity index (χ2n) is 5.06. The number of fused-ring (bicyclic) bond motifs is 1. The Morgan fingerprint density at radius 1 is 1.36 bits per heavy atom. The summed E-state index contributed by atoms with van der Waals surface area (Å²) < 4.78 is 30.6. The van der Waals surface area contributed by atoms with E-state index in [9.17, 15) is 13.6 Å². The Hall–Kier alpha value is -3.29. The van der Waals surface area contributed by atoms with Crippen LogP contribution in [-0.4, -0.2) is 26.9 Å². The number of halogens is 2. The van der Waals surface area contributed by atoms with Gasteiger partial charge in [-0.1, -0.05) is 6.58 Å². The van der Waals surface area contributed by atoms with Crippen LogP contribution in [0.3, 0.4) is 0 Å². The molecule has 0 saturated heterocycles. The Balaban J connectivity index is 1.95. The quantitative estimate of drug-likeness (QED) is 0.698. The van der Waals surface area contributed by atoms with Gasteiger partial charge < -0.3 is 14.5 Å². The third kappa shape index (κ3) is 3.79. The fraction of sp³-hybridized carbons (Fsp3) is 0.118. The Morgan fingerprint density at radius 2 is 2.12 bits per heavy atom. The third-order valence-electron chi connectivity index (χ3n) is 3.41. The van der Waals surface area contributed by atoms with Crippen molar-refractivity contribution in [2.45, 2.75) is 13.2 Å². The molecule has 3 aromatic rings. The molecule has 2 heterocycles. The van der Waals surface area contributed by atoms with Gasteiger partial charge in [0.05, 0.1) is 12.2 Å². The smallest absolute Gasteiger partial charge is 0.387 e. The van der Waals surface area contributed by atoms with Crippen molar-refractivity contribution in [2.75, 3.05) is 0 Å². The molecule has 1 aromatic carbocycles. The van der Waals surface area contributed by atoms with Gasteiger partial charge in [-0.25, -0.2) is 9.97 Å². The number of rotatable bonds is 6. The average Bonchev–Trinajstić information content (AvgIpc) is 3.07. The van der Waals surface area contributed by atoms with Gasteiger partial charge in [0, 0.05) is 24.2 Å². The number of carbonyl (C=O) groups is 1. The first-order valence-electron chi connectivity index (χ1n) is 7.35. The van der Waals surface area contributed by atoms with Crippen molar-refractivity contribution in [3.05, 3.63) is 61.2 Å². The van der Waals surface area contributed by atoms with E-state index in [0.717, 1.165) is 0 Å². The molecule has 8 heteroatoms. The number of nitrogens with zero attached hydrogens (tertiary/aromatic N) is 3. The zero-order valence-corrected chi connectivity index (χ0v) is 13.0. The lowest BCUT2D eigenvalue weighted by molar-refractivity contribution is -0.116. The molecule has 0 aliphatic heterocycles. The van der Waals surface area contributed by atoms with Crippen molar-refractivity contribution in [1.29, 1.82) is 0 Å². The summed E-state index contributed by atoms with van der Waals surface area (Å²) in [5, 5.41) is 2.66. The first-order chi connectivity index (χ1) is 12.1. The predicted molar refractivity (Wildman–Crippen MR) is 87.1 cm³/mol. The van der Waals surface area contributed by atoms with E-state index >= 15 is 0 Å². The van der Waals surface area contributed by atoms with Crippen LogP contribution in [0.25, 0.3) is 16.9 Å². The molecule has 2 aromatic heterocycles. The maximum Gasteiger partial charge on any atom is 0.387 e. The van der Waals surface area contributed by atoms with Gasteiger partial charge in [0.1, 0.15) is 11.4 Å². The zero-order valence-electron chi connectivity index (χ0n) is 13.0. The molecule has 1 amide bonds. The standard InChI is InChI=1S/C17H14F2N4O2/c1-2-14(24)21-9-12-10-23-8-7-20-16(23)15(22-12)11-3-5-13(6-4-11)25-17(18)19/h2-8,10,17H,1,9H2,(H,21,24). The van der Waals surface area contributed by atoms with E-state index in [2.05, 4.69) is 26.6 Å². The van der Waals surface area contributed by atoms with E-state index in [1.165, 1.54) is 18.2 Å². The minimum Gasteiger partial charge on any atom is -0.435 e. The second kappa shape index (κ2) is 7.08. The number of imidazole rings is 1. The minimum absolute atomic E-state index is 0.0625. The molecule has 0 atom stereocenters. The summed E-state index contributed by atoms with van der Waals surface area (Å²) in [5.41, 5.74) is 2.48. The number of hydrogen-bond donors (Lipinski definition) is 1. The van der Waals surface area contributed by atoms with E-state index in [1.807, 2.05) is 0 Å². The number of hydrogen-bond acceptors (Lipinski definition) is 4. The van der Waals surface area contributed by atoms with E-state index < -0.39 is 6.61 Å². The molecule has 25 heavy (non-hydrogen) atoms. The molecule has 0 fully saturated rings. The van der Waals surface area contributed by atoms with Gasteiger partial charge in [-0.3, -0.25) is 4.79 Å². The maximum absolute atomic E-state index is 12.3. The SMILES string of the molecule is C=CC(=O)NCc1cn2ccnc2c(-c2ccc(OC(F)F)cc2)n1. The average molecular weight is 344 g/mol. The molecule has 0 bridgehead atoms. The van der Waals surface area contributed by atoms with Gasteiger partial charge in [-0.2, -0.15) is 8.78 Å². The molecule has 6 nitrogen and oxygen atoms in total. The molecule has 0 aliphatic rings. The van der Waals surface area contributed by atoms with Crippen molar-refractivity contribution in [2.24, 2.45) is 0 Å². The number of benzene rings is 1. The Kier molecular flexibility index (Phi) is 4.69. The Morgan fingerprint density at radius 3 is 2.80 bits per heavy atom. The lowest BCUT2D eigenvalue weighted by Crippen LogP contribution is -2.21. The van der Waals surface area contributed by atoms with Crippen LogP contribution < -0.4 is 10.1 Å². The molecule has 0 saturated carbocycles. The largest absolute Gasteiger partial charge is 0.435 e. The topological polar surface area (TPSA) is 68.5 Å².